The summed E-state index contributed by atoms with van der Waals surface area (Å²) in [5.74, 6) is 1.04. The first-order valence-electron chi connectivity index (χ1n) is 10.5. The summed E-state index contributed by atoms with van der Waals surface area (Å²) in [4.78, 5) is 13.5. The molecule has 1 saturated carbocycles. The molecule has 0 heterocycles. The first kappa shape index (κ1) is 20.2. The van der Waals surface area contributed by atoms with Crippen molar-refractivity contribution in [1.29, 1.82) is 0 Å². The van der Waals surface area contributed by atoms with Crippen molar-refractivity contribution in [2.75, 3.05) is 7.11 Å². The molecule has 0 saturated heterocycles. The Bertz CT molecular complexity index is 990. The Labute approximate surface area is 179 Å². The van der Waals surface area contributed by atoms with E-state index in [1.165, 1.54) is 16.7 Å². The van der Waals surface area contributed by atoms with Gasteiger partial charge in [-0.3, -0.25) is 4.79 Å². The van der Waals surface area contributed by atoms with Crippen LogP contribution in [-0.4, -0.2) is 12.9 Å². The van der Waals surface area contributed by atoms with Gasteiger partial charge in [-0.05, 0) is 55.7 Å². The summed E-state index contributed by atoms with van der Waals surface area (Å²) in [5, 5.41) is 0. The lowest BCUT2D eigenvalue weighted by Crippen LogP contribution is -2.54. The summed E-state index contributed by atoms with van der Waals surface area (Å²) in [5.41, 5.74) is 4.35. The van der Waals surface area contributed by atoms with Gasteiger partial charge in [0, 0.05) is 22.8 Å². The predicted molar refractivity (Wildman–Crippen MR) is 122 cm³/mol. The van der Waals surface area contributed by atoms with Crippen LogP contribution in [0.15, 0.2) is 96.6 Å². The number of ether oxygens (including phenoxy) is 1. The van der Waals surface area contributed by atoms with Crippen LogP contribution in [0.2, 0.25) is 0 Å². The fraction of sp³-hybridized carbons (Fsp3) is 0.250. The van der Waals surface area contributed by atoms with E-state index in [4.69, 9.17) is 4.74 Å². The average molecular weight is 397 g/mol. The van der Waals surface area contributed by atoms with Gasteiger partial charge in [0.05, 0.1) is 7.11 Å². The zero-order valence-corrected chi connectivity index (χ0v) is 17.8. The first-order valence-corrected chi connectivity index (χ1v) is 10.5. The minimum absolute atomic E-state index is 0.0475. The highest BCUT2D eigenvalue weighted by Crippen LogP contribution is 2.58. The van der Waals surface area contributed by atoms with E-state index in [0.29, 0.717) is 0 Å². The van der Waals surface area contributed by atoms with Crippen LogP contribution in [0, 0.1) is 11.8 Å². The van der Waals surface area contributed by atoms with Crippen molar-refractivity contribution < 1.29 is 9.53 Å². The second kappa shape index (κ2) is 8.31. The zero-order chi connectivity index (χ0) is 21.1. The Morgan fingerprint density at radius 2 is 1.40 bits per heavy atom. The monoisotopic (exact) mass is 396 g/mol. The second-order valence-electron chi connectivity index (χ2n) is 8.38. The fourth-order valence-corrected chi connectivity index (χ4v) is 4.89. The van der Waals surface area contributed by atoms with Crippen molar-refractivity contribution in [3.8, 4) is 5.75 Å². The second-order valence-corrected chi connectivity index (χ2v) is 8.38. The molecule has 0 aromatic heterocycles. The third-order valence-corrected chi connectivity index (χ3v) is 6.35. The fourth-order valence-electron chi connectivity index (χ4n) is 4.89. The molecule has 152 valence electrons. The number of benzene rings is 3. The number of hydrogen-bond donors (Lipinski definition) is 0. The molecule has 2 heteroatoms. The zero-order valence-electron chi connectivity index (χ0n) is 17.8. The summed E-state index contributed by atoms with van der Waals surface area (Å²) in [7, 11) is 1.64. The molecule has 0 bridgehead atoms. The normalized spacial score (nSPS) is 19.4. The van der Waals surface area contributed by atoms with Gasteiger partial charge in [-0.1, -0.05) is 72.3 Å². The molecule has 2 nitrogen and oxygen atoms in total. The minimum atomic E-state index is -0.188. The molecule has 3 aromatic rings. The van der Waals surface area contributed by atoms with Crippen LogP contribution in [-0.2, 0) is 5.41 Å². The van der Waals surface area contributed by atoms with E-state index in [2.05, 4.69) is 80.6 Å². The highest BCUT2D eigenvalue weighted by Gasteiger charge is 2.57. The number of carbonyl (C=O) groups is 1. The standard InChI is InChI=1S/C28H28O2/c1-20(2)18-26-25(27(29)21-14-16-24(30-3)17-15-21)19-28(26,22-10-6-4-7-11-22)23-12-8-5-9-13-23/h4-18,25-26H,19H2,1-3H3. The summed E-state index contributed by atoms with van der Waals surface area (Å²) in [6.07, 6.45) is 3.11. The molecule has 1 aliphatic rings. The summed E-state index contributed by atoms with van der Waals surface area (Å²) in [6, 6.07) is 28.8. The van der Waals surface area contributed by atoms with Crippen LogP contribution in [0.25, 0.3) is 0 Å². The van der Waals surface area contributed by atoms with E-state index >= 15 is 0 Å². The van der Waals surface area contributed by atoms with Crippen LogP contribution in [0.3, 0.4) is 0 Å². The smallest absolute Gasteiger partial charge is 0.166 e. The first-order chi connectivity index (χ1) is 14.6. The van der Waals surface area contributed by atoms with Gasteiger partial charge in [0.1, 0.15) is 5.75 Å². The van der Waals surface area contributed by atoms with Crippen LogP contribution < -0.4 is 4.74 Å². The highest BCUT2D eigenvalue weighted by atomic mass is 16.5. The molecule has 1 fully saturated rings. The Kier molecular flexibility index (Phi) is 5.59. The van der Waals surface area contributed by atoms with Crippen LogP contribution >= 0.6 is 0 Å². The molecule has 0 amide bonds. The lowest BCUT2D eigenvalue weighted by atomic mass is 9.47. The number of allylic oxidation sites excluding steroid dienone is 2. The number of Topliss-reactive ketones (excluding diaryl/α,β-unsaturated/α-hetero) is 1. The van der Waals surface area contributed by atoms with Crippen LogP contribution in [0.1, 0.15) is 41.8 Å². The topological polar surface area (TPSA) is 26.3 Å². The van der Waals surface area contributed by atoms with Crippen molar-refractivity contribution in [3.05, 3.63) is 113 Å². The van der Waals surface area contributed by atoms with Gasteiger partial charge >= 0.3 is 0 Å². The molecule has 4 rings (SSSR count). The maximum atomic E-state index is 13.5. The van der Waals surface area contributed by atoms with E-state index in [1.807, 2.05) is 24.3 Å². The van der Waals surface area contributed by atoms with Gasteiger partial charge in [-0.15, -0.1) is 0 Å². The van der Waals surface area contributed by atoms with Gasteiger partial charge in [-0.25, -0.2) is 0 Å². The third kappa shape index (κ3) is 3.47. The summed E-state index contributed by atoms with van der Waals surface area (Å²) >= 11 is 0. The molecule has 2 unspecified atom stereocenters. The quantitative estimate of drug-likeness (QED) is 0.353. The number of ketones is 1. The molecule has 0 aliphatic heterocycles. The number of methoxy groups -OCH3 is 1. The Hall–Kier alpha value is -3.13. The van der Waals surface area contributed by atoms with E-state index in [0.717, 1.165) is 17.7 Å². The Morgan fingerprint density at radius 3 is 1.87 bits per heavy atom. The van der Waals surface area contributed by atoms with Crippen molar-refractivity contribution >= 4 is 5.78 Å². The Morgan fingerprint density at radius 1 is 0.867 bits per heavy atom. The third-order valence-electron chi connectivity index (χ3n) is 6.35. The van der Waals surface area contributed by atoms with E-state index < -0.39 is 0 Å². The van der Waals surface area contributed by atoms with Gasteiger partial charge in [0.2, 0.25) is 0 Å². The van der Waals surface area contributed by atoms with Gasteiger partial charge in [0.25, 0.3) is 0 Å². The predicted octanol–water partition coefficient (Wildman–Crippen LogP) is 6.47. The average Bonchev–Trinajstić information content (AvgIpc) is 2.78. The van der Waals surface area contributed by atoms with Gasteiger partial charge in [0.15, 0.2) is 5.78 Å². The van der Waals surface area contributed by atoms with Crippen molar-refractivity contribution in [2.24, 2.45) is 11.8 Å². The van der Waals surface area contributed by atoms with E-state index in [-0.39, 0.29) is 23.0 Å². The molecule has 0 radical (unpaired) electrons. The molecule has 3 aromatic carbocycles. The molecular formula is C28H28O2. The molecule has 2 atom stereocenters. The minimum Gasteiger partial charge on any atom is -0.497 e. The van der Waals surface area contributed by atoms with Gasteiger partial charge < -0.3 is 4.74 Å². The lowest BCUT2D eigenvalue weighted by molar-refractivity contribution is 0.0598. The maximum Gasteiger partial charge on any atom is 0.166 e. The largest absolute Gasteiger partial charge is 0.497 e. The summed E-state index contributed by atoms with van der Waals surface area (Å²) < 4.78 is 5.25. The van der Waals surface area contributed by atoms with Crippen molar-refractivity contribution in [2.45, 2.75) is 25.7 Å². The SMILES string of the molecule is COc1ccc(C(=O)C2CC(c3ccccc3)(c3ccccc3)C2C=C(C)C)cc1. The highest BCUT2D eigenvalue weighted by molar-refractivity contribution is 5.99. The maximum absolute atomic E-state index is 13.5. The van der Waals surface area contributed by atoms with Crippen LogP contribution in [0.4, 0.5) is 0 Å². The van der Waals surface area contributed by atoms with Crippen molar-refractivity contribution in [1.82, 2.24) is 0 Å². The molecule has 0 N–H and O–H groups in total. The van der Waals surface area contributed by atoms with E-state index in [1.54, 1.807) is 7.11 Å². The number of hydrogen-bond acceptors (Lipinski definition) is 2. The van der Waals surface area contributed by atoms with E-state index in [9.17, 15) is 4.79 Å². The van der Waals surface area contributed by atoms with Crippen LogP contribution in [0.5, 0.6) is 5.75 Å². The summed E-state index contributed by atoms with van der Waals surface area (Å²) in [6.45, 7) is 4.24. The molecule has 30 heavy (non-hydrogen) atoms. The molecular weight excluding hydrogens is 368 g/mol. The number of carbonyl (C=O) groups excluding carboxylic acids is 1. The Balaban J connectivity index is 1.78. The number of rotatable bonds is 6. The molecule has 0 spiro atoms. The lowest BCUT2D eigenvalue weighted by Gasteiger charge is -2.55. The van der Waals surface area contributed by atoms with Crippen molar-refractivity contribution in [3.63, 3.8) is 0 Å². The molecule has 1 aliphatic carbocycles. The van der Waals surface area contributed by atoms with Gasteiger partial charge in [-0.2, -0.15) is 0 Å².